The van der Waals surface area contributed by atoms with Gasteiger partial charge in [-0.3, -0.25) is 4.79 Å². The fourth-order valence-electron chi connectivity index (χ4n) is 3.06. The van der Waals surface area contributed by atoms with E-state index < -0.39 is 12.3 Å². The second kappa shape index (κ2) is 10.2. The molecule has 0 radical (unpaired) electrons. The number of Topliss-reactive ketones (excluding diaryl/α,β-unsaturated/α-hetero) is 1. The highest BCUT2D eigenvalue weighted by molar-refractivity contribution is 7.20. The fourth-order valence-corrected chi connectivity index (χ4v) is 4.18. The molecule has 0 aliphatic heterocycles. The normalized spacial score (nSPS) is 12.7. The number of unbranched alkanes of at least 4 members (excludes halogenated alkanes) is 2. The Labute approximate surface area is 186 Å². The molecule has 3 rings (SSSR count). The number of aliphatic hydroxyl groups excluding tert-OH is 1. The predicted molar refractivity (Wildman–Crippen MR) is 116 cm³/mol. The molecule has 0 fully saturated rings. The van der Waals surface area contributed by atoms with E-state index in [2.05, 4.69) is 20.3 Å². The van der Waals surface area contributed by atoms with Crippen LogP contribution in [-0.4, -0.2) is 44.7 Å². The van der Waals surface area contributed by atoms with Gasteiger partial charge in [0.25, 0.3) is 0 Å². The van der Waals surface area contributed by atoms with Crippen LogP contribution in [0.3, 0.4) is 0 Å². The Hall–Kier alpha value is -2.79. The lowest BCUT2D eigenvalue weighted by atomic mass is 10.1. The maximum Gasteiger partial charge on any atom is 0.425 e. The first-order valence-electron chi connectivity index (χ1n) is 10.1. The number of aromatic nitrogens is 3. The number of alkyl halides is 3. The molecule has 1 unspecified atom stereocenters. The molecule has 0 saturated heterocycles. The number of ether oxygens (including phenoxy) is 1. The summed E-state index contributed by atoms with van der Waals surface area (Å²) in [4.78, 5) is 26.2. The van der Waals surface area contributed by atoms with Crippen LogP contribution in [0.4, 0.5) is 24.7 Å². The lowest BCUT2D eigenvalue weighted by molar-refractivity contribution is -0.189. The molecule has 3 aromatic heterocycles. The van der Waals surface area contributed by atoms with Gasteiger partial charge in [0.05, 0.1) is 10.3 Å². The number of nitrogens with zero attached hydrogens (tertiary/aromatic N) is 3. The maximum atomic E-state index is 12.9. The minimum Gasteiger partial charge on any atom is -0.464 e. The number of hydrogen-bond donors (Lipinski definition) is 2. The predicted octanol–water partition coefficient (Wildman–Crippen LogP) is 5.20. The average molecular weight is 469 g/mol. The maximum absolute atomic E-state index is 12.9. The number of fused-ring (bicyclic) bond motifs is 1. The smallest absolute Gasteiger partial charge is 0.425 e. The zero-order valence-corrected chi connectivity index (χ0v) is 18.4. The van der Waals surface area contributed by atoms with Crippen LogP contribution in [0.2, 0.25) is 0 Å². The molecule has 2 N–H and O–H groups in total. The third kappa shape index (κ3) is 5.52. The molecule has 0 aliphatic rings. The molecule has 3 aromatic rings. The summed E-state index contributed by atoms with van der Waals surface area (Å²) < 4.78 is 43.8. The number of pyridine rings is 1. The quantitative estimate of drug-likeness (QED) is 0.312. The van der Waals surface area contributed by atoms with Gasteiger partial charge in [-0.05, 0) is 44.4 Å². The van der Waals surface area contributed by atoms with Gasteiger partial charge < -0.3 is 15.2 Å². The fraction of sp³-hybridized carbons (Fsp3) is 0.429. The summed E-state index contributed by atoms with van der Waals surface area (Å²) in [6, 6.07) is 3.10. The van der Waals surface area contributed by atoms with Crippen LogP contribution in [0.25, 0.3) is 10.2 Å². The molecule has 7 nitrogen and oxygen atoms in total. The summed E-state index contributed by atoms with van der Waals surface area (Å²) in [5.41, 5.74) is 0.918. The number of carbonyl (C=O) groups excluding carboxylic acids is 1. The number of thiophene rings is 1. The summed E-state index contributed by atoms with van der Waals surface area (Å²) in [6.45, 7) is 2.80. The first-order valence-corrected chi connectivity index (χ1v) is 10.9. The lowest BCUT2D eigenvalue weighted by Gasteiger charge is -2.19. The van der Waals surface area contributed by atoms with Crippen molar-refractivity contribution in [1.82, 2.24) is 15.0 Å². The number of carbonyl (C=O) groups is 1. The SMILES string of the molecule is Cc1c(C(=O)CCCCCO)sc2ncnc(Nc3cccnc3OC(C)C(F)(F)F)c12. The molecule has 32 heavy (non-hydrogen) atoms. The Morgan fingerprint density at radius 3 is 2.75 bits per heavy atom. The van der Waals surface area contributed by atoms with Gasteiger partial charge in [-0.25, -0.2) is 15.0 Å². The number of aryl methyl sites for hydroxylation is 1. The van der Waals surface area contributed by atoms with E-state index in [1.807, 2.05) is 0 Å². The standard InChI is InChI=1S/C21H23F3N4O3S/c1-12-16-18(28-14-7-6-9-25-19(14)31-13(2)21(22,23)24)26-11-27-20(16)32-17(12)15(30)8-4-3-5-10-29/h6-7,9,11,13,29H,3-5,8,10H2,1-2H3,(H,26,27,28). The monoisotopic (exact) mass is 468 g/mol. The molecule has 1 atom stereocenters. The molecule has 0 aromatic carbocycles. The average Bonchev–Trinajstić information content (AvgIpc) is 3.09. The Morgan fingerprint density at radius 1 is 1.25 bits per heavy atom. The zero-order chi connectivity index (χ0) is 23.3. The highest BCUT2D eigenvalue weighted by atomic mass is 32.1. The van der Waals surface area contributed by atoms with Gasteiger partial charge in [0, 0.05) is 19.2 Å². The summed E-state index contributed by atoms with van der Waals surface area (Å²) in [5.74, 6) is 0.122. The van der Waals surface area contributed by atoms with Crippen molar-refractivity contribution in [1.29, 1.82) is 0 Å². The molecular weight excluding hydrogens is 445 g/mol. The Morgan fingerprint density at radius 2 is 2.03 bits per heavy atom. The number of aliphatic hydroxyl groups is 1. The van der Waals surface area contributed by atoms with E-state index in [-0.39, 0.29) is 24.0 Å². The van der Waals surface area contributed by atoms with E-state index in [0.717, 1.165) is 13.3 Å². The second-order valence-electron chi connectivity index (χ2n) is 7.20. The number of halogens is 3. The Kier molecular flexibility index (Phi) is 7.62. The highest BCUT2D eigenvalue weighted by Gasteiger charge is 2.38. The Bertz CT molecular complexity index is 1090. The molecule has 3 heterocycles. The number of nitrogens with one attached hydrogen (secondary N) is 1. The van der Waals surface area contributed by atoms with E-state index in [4.69, 9.17) is 9.84 Å². The summed E-state index contributed by atoms with van der Waals surface area (Å²) >= 11 is 1.25. The molecule has 172 valence electrons. The largest absolute Gasteiger partial charge is 0.464 e. The molecule has 0 amide bonds. The van der Waals surface area contributed by atoms with Crippen molar-refractivity contribution in [2.75, 3.05) is 11.9 Å². The van der Waals surface area contributed by atoms with E-state index in [1.165, 1.54) is 29.9 Å². The van der Waals surface area contributed by atoms with Gasteiger partial charge in [-0.15, -0.1) is 11.3 Å². The van der Waals surface area contributed by atoms with Crippen molar-refractivity contribution >= 4 is 38.8 Å². The molecule has 0 spiro atoms. The molecule has 0 saturated carbocycles. The second-order valence-corrected chi connectivity index (χ2v) is 8.20. The minimum absolute atomic E-state index is 0.0150. The van der Waals surface area contributed by atoms with E-state index in [1.54, 1.807) is 13.0 Å². The van der Waals surface area contributed by atoms with E-state index in [9.17, 15) is 18.0 Å². The lowest BCUT2D eigenvalue weighted by Crippen LogP contribution is -2.31. The summed E-state index contributed by atoms with van der Waals surface area (Å²) in [5, 5.41) is 12.5. The van der Waals surface area contributed by atoms with Gasteiger partial charge in [-0.2, -0.15) is 13.2 Å². The van der Waals surface area contributed by atoms with Crippen LogP contribution in [0.1, 0.15) is 47.8 Å². The van der Waals surface area contributed by atoms with E-state index >= 15 is 0 Å². The summed E-state index contributed by atoms with van der Waals surface area (Å²) in [7, 11) is 0. The van der Waals surface area contributed by atoms with Crippen LogP contribution in [0.5, 0.6) is 5.88 Å². The van der Waals surface area contributed by atoms with Crippen molar-refractivity contribution in [3.8, 4) is 5.88 Å². The molecule has 0 bridgehead atoms. The number of hydrogen-bond acceptors (Lipinski definition) is 8. The summed E-state index contributed by atoms with van der Waals surface area (Å²) in [6.07, 6.45) is -1.46. The first-order chi connectivity index (χ1) is 15.2. The van der Waals surface area contributed by atoms with Gasteiger partial charge in [-0.1, -0.05) is 6.42 Å². The first kappa shape index (κ1) is 23.9. The zero-order valence-electron chi connectivity index (χ0n) is 17.6. The van der Waals surface area contributed by atoms with Crippen LogP contribution in [0.15, 0.2) is 24.7 Å². The van der Waals surface area contributed by atoms with Crippen molar-refractivity contribution < 1.29 is 27.8 Å². The number of rotatable bonds is 10. The highest BCUT2D eigenvalue weighted by Crippen LogP contribution is 2.37. The molecule has 11 heteroatoms. The van der Waals surface area contributed by atoms with Crippen molar-refractivity contribution in [3.63, 3.8) is 0 Å². The van der Waals surface area contributed by atoms with Crippen molar-refractivity contribution in [2.45, 2.75) is 51.8 Å². The van der Waals surface area contributed by atoms with Crippen LogP contribution in [-0.2, 0) is 0 Å². The van der Waals surface area contributed by atoms with Gasteiger partial charge in [0.2, 0.25) is 5.88 Å². The van der Waals surface area contributed by atoms with Gasteiger partial charge >= 0.3 is 6.18 Å². The van der Waals surface area contributed by atoms with Crippen molar-refractivity contribution in [2.24, 2.45) is 0 Å². The number of ketones is 1. The van der Waals surface area contributed by atoms with Crippen LogP contribution in [0, 0.1) is 6.92 Å². The Balaban J connectivity index is 1.88. The van der Waals surface area contributed by atoms with Gasteiger partial charge in [0.1, 0.15) is 22.7 Å². The van der Waals surface area contributed by atoms with E-state index in [0.29, 0.717) is 45.7 Å². The number of anilines is 2. The van der Waals surface area contributed by atoms with Crippen LogP contribution >= 0.6 is 11.3 Å². The minimum atomic E-state index is -4.53. The van der Waals surface area contributed by atoms with Crippen LogP contribution < -0.4 is 10.1 Å². The van der Waals surface area contributed by atoms with Crippen molar-refractivity contribution in [3.05, 3.63) is 35.1 Å². The molecular formula is C21H23F3N4O3S. The topological polar surface area (TPSA) is 97.2 Å². The third-order valence-corrected chi connectivity index (χ3v) is 6.06. The third-order valence-electron chi connectivity index (χ3n) is 4.82. The molecule has 0 aliphatic carbocycles. The van der Waals surface area contributed by atoms with Gasteiger partial charge in [0.15, 0.2) is 11.9 Å².